The lowest BCUT2D eigenvalue weighted by molar-refractivity contribution is 1.09. The van der Waals surface area contributed by atoms with Crippen LogP contribution in [0.5, 0.6) is 0 Å². The molecule has 0 saturated heterocycles. The monoisotopic (exact) mass is 315 g/mol. The van der Waals surface area contributed by atoms with Gasteiger partial charge in [0, 0.05) is 30.2 Å². The van der Waals surface area contributed by atoms with Gasteiger partial charge in [0.05, 0.1) is 5.39 Å². The summed E-state index contributed by atoms with van der Waals surface area (Å²) in [6, 6.07) is 16.1. The highest BCUT2D eigenvalue weighted by Gasteiger charge is 2.11. The van der Waals surface area contributed by atoms with E-state index < -0.39 is 0 Å². The number of benzene rings is 1. The number of aromatic nitrogens is 4. The van der Waals surface area contributed by atoms with Crippen LogP contribution in [0.4, 0.5) is 5.82 Å². The van der Waals surface area contributed by atoms with Crippen LogP contribution in [0.1, 0.15) is 11.3 Å². The first-order valence-electron chi connectivity index (χ1n) is 7.85. The Morgan fingerprint density at radius 3 is 2.58 bits per heavy atom. The molecule has 5 heteroatoms. The molecule has 0 atom stereocenters. The number of fused-ring (bicyclic) bond motifs is 1. The number of hydrogen-bond donors (Lipinski definition) is 2. The number of rotatable bonds is 4. The van der Waals surface area contributed by atoms with Crippen LogP contribution in [-0.4, -0.2) is 19.9 Å². The van der Waals surface area contributed by atoms with Crippen LogP contribution in [-0.2, 0) is 6.54 Å². The predicted octanol–water partition coefficient (Wildman–Crippen LogP) is 3.94. The molecule has 118 valence electrons. The van der Waals surface area contributed by atoms with Gasteiger partial charge >= 0.3 is 0 Å². The summed E-state index contributed by atoms with van der Waals surface area (Å²) in [5, 5.41) is 4.43. The van der Waals surface area contributed by atoms with Crippen LogP contribution in [0, 0.1) is 6.92 Å². The molecule has 0 amide bonds. The Labute approximate surface area is 139 Å². The van der Waals surface area contributed by atoms with Crippen molar-refractivity contribution < 1.29 is 0 Å². The molecule has 24 heavy (non-hydrogen) atoms. The van der Waals surface area contributed by atoms with Crippen LogP contribution >= 0.6 is 0 Å². The average Bonchev–Trinajstić information content (AvgIpc) is 3.01. The Hall–Kier alpha value is -3.21. The summed E-state index contributed by atoms with van der Waals surface area (Å²) in [5.41, 5.74) is 4.07. The lowest BCUT2D eigenvalue weighted by Gasteiger charge is -2.09. The number of aryl methyl sites for hydroxylation is 1. The average molecular weight is 315 g/mol. The molecule has 3 aromatic heterocycles. The maximum absolute atomic E-state index is 4.74. The smallest absolute Gasteiger partial charge is 0.163 e. The highest BCUT2D eigenvalue weighted by Crippen LogP contribution is 2.25. The summed E-state index contributed by atoms with van der Waals surface area (Å²) >= 11 is 0. The van der Waals surface area contributed by atoms with E-state index in [0.29, 0.717) is 12.4 Å². The zero-order valence-corrected chi connectivity index (χ0v) is 13.3. The summed E-state index contributed by atoms with van der Waals surface area (Å²) in [4.78, 5) is 16.8. The van der Waals surface area contributed by atoms with Crippen molar-refractivity contribution in [3.8, 4) is 11.4 Å². The van der Waals surface area contributed by atoms with E-state index in [2.05, 4.69) is 26.3 Å². The van der Waals surface area contributed by atoms with E-state index in [1.807, 2.05) is 49.4 Å². The van der Waals surface area contributed by atoms with E-state index in [9.17, 15) is 0 Å². The number of nitrogens with zero attached hydrogens (tertiary/aromatic N) is 3. The molecule has 0 unspecified atom stereocenters. The number of nitrogens with one attached hydrogen (secondary N) is 2. The largest absolute Gasteiger partial charge is 0.365 e. The van der Waals surface area contributed by atoms with E-state index in [1.165, 1.54) is 0 Å². The van der Waals surface area contributed by atoms with Gasteiger partial charge in [-0.3, -0.25) is 4.98 Å². The second kappa shape index (κ2) is 6.12. The third kappa shape index (κ3) is 2.84. The number of anilines is 1. The minimum absolute atomic E-state index is 0.688. The third-order valence-corrected chi connectivity index (χ3v) is 3.86. The Morgan fingerprint density at radius 2 is 1.79 bits per heavy atom. The summed E-state index contributed by atoms with van der Waals surface area (Å²) in [6.45, 7) is 2.71. The Bertz CT molecular complexity index is 961. The van der Waals surface area contributed by atoms with Gasteiger partial charge in [0.1, 0.15) is 11.5 Å². The maximum Gasteiger partial charge on any atom is 0.163 e. The highest BCUT2D eigenvalue weighted by molar-refractivity contribution is 5.89. The Morgan fingerprint density at radius 1 is 1.00 bits per heavy atom. The quantitative estimate of drug-likeness (QED) is 0.598. The van der Waals surface area contributed by atoms with Gasteiger partial charge < -0.3 is 10.3 Å². The third-order valence-electron chi connectivity index (χ3n) is 3.86. The summed E-state index contributed by atoms with van der Waals surface area (Å²) in [5.74, 6) is 1.54. The van der Waals surface area contributed by atoms with Crippen molar-refractivity contribution in [2.45, 2.75) is 13.5 Å². The molecule has 0 fully saturated rings. The van der Waals surface area contributed by atoms with Crippen LogP contribution in [0.3, 0.4) is 0 Å². The Kier molecular flexibility index (Phi) is 3.67. The number of H-pyrrole nitrogens is 1. The SMILES string of the molecule is Cc1cc2c(NCc3ccncc3)nc(-c3ccccc3)nc2[nH]1. The van der Waals surface area contributed by atoms with Gasteiger partial charge in [-0.1, -0.05) is 30.3 Å². The molecule has 0 saturated carbocycles. The van der Waals surface area contributed by atoms with E-state index in [1.54, 1.807) is 12.4 Å². The fourth-order valence-corrected chi connectivity index (χ4v) is 2.68. The second-order valence-corrected chi connectivity index (χ2v) is 5.69. The van der Waals surface area contributed by atoms with Gasteiger partial charge in [-0.25, -0.2) is 9.97 Å². The van der Waals surface area contributed by atoms with Gasteiger partial charge in [0.15, 0.2) is 5.82 Å². The minimum Gasteiger partial charge on any atom is -0.365 e. The first-order chi connectivity index (χ1) is 11.8. The molecule has 1 aromatic carbocycles. The topological polar surface area (TPSA) is 66.5 Å². The van der Waals surface area contributed by atoms with Crippen molar-refractivity contribution in [2.75, 3.05) is 5.32 Å². The van der Waals surface area contributed by atoms with E-state index in [0.717, 1.165) is 33.7 Å². The molecule has 0 aliphatic carbocycles. The maximum atomic E-state index is 4.74. The first kappa shape index (κ1) is 14.4. The Balaban J connectivity index is 1.75. The van der Waals surface area contributed by atoms with E-state index in [-0.39, 0.29) is 0 Å². The van der Waals surface area contributed by atoms with Crippen LogP contribution in [0.15, 0.2) is 60.9 Å². The van der Waals surface area contributed by atoms with Crippen molar-refractivity contribution >= 4 is 16.9 Å². The fraction of sp³-hybridized carbons (Fsp3) is 0.105. The van der Waals surface area contributed by atoms with Crippen LogP contribution in [0.25, 0.3) is 22.4 Å². The van der Waals surface area contributed by atoms with E-state index >= 15 is 0 Å². The lowest BCUT2D eigenvalue weighted by Crippen LogP contribution is -2.03. The second-order valence-electron chi connectivity index (χ2n) is 5.69. The van der Waals surface area contributed by atoms with Gasteiger partial charge in [-0.15, -0.1) is 0 Å². The molecule has 4 rings (SSSR count). The predicted molar refractivity (Wildman–Crippen MR) is 95.6 cm³/mol. The molecule has 0 spiro atoms. The van der Waals surface area contributed by atoms with E-state index in [4.69, 9.17) is 4.98 Å². The normalized spacial score (nSPS) is 10.9. The molecular weight excluding hydrogens is 298 g/mol. The van der Waals surface area contributed by atoms with Crippen molar-refractivity contribution in [1.29, 1.82) is 0 Å². The van der Waals surface area contributed by atoms with Crippen LogP contribution < -0.4 is 5.32 Å². The van der Waals surface area contributed by atoms with Crippen molar-refractivity contribution in [3.63, 3.8) is 0 Å². The summed E-state index contributed by atoms with van der Waals surface area (Å²) in [6.07, 6.45) is 3.59. The minimum atomic E-state index is 0.688. The summed E-state index contributed by atoms with van der Waals surface area (Å²) in [7, 11) is 0. The molecule has 2 N–H and O–H groups in total. The number of hydrogen-bond acceptors (Lipinski definition) is 4. The number of aromatic amines is 1. The van der Waals surface area contributed by atoms with Gasteiger partial charge in [0.2, 0.25) is 0 Å². The first-order valence-corrected chi connectivity index (χ1v) is 7.85. The molecule has 0 aliphatic heterocycles. The molecule has 5 nitrogen and oxygen atoms in total. The lowest BCUT2D eigenvalue weighted by atomic mass is 10.2. The van der Waals surface area contributed by atoms with Gasteiger partial charge in [-0.2, -0.15) is 0 Å². The van der Waals surface area contributed by atoms with Crippen molar-refractivity contribution in [2.24, 2.45) is 0 Å². The fourth-order valence-electron chi connectivity index (χ4n) is 2.68. The highest BCUT2D eigenvalue weighted by atomic mass is 15.1. The van der Waals surface area contributed by atoms with Gasteiger partial charge in [0.25, 0.3) is 0 Å². The molecule has 0 bridgehead atoms. The van der Waals surface area contributed by atoms with Crippen molar-refractivity contribution in [3.05, 3.63) is 72.2 Å². The molecule has 0 aliphatic rings. The molecule has 0 radical (unpaired) electrons. The molecule has 3 heterocycles. The standard InChI is InChI=1S/C19H17N5/c1-13-11-16-18(21-12-14-7-9-20-10-8-14)23-17(24-19(16)22-13)15-5-3-2-4-6-15/h2-11H,12H2,1H3,(H2,21,22,23,24). The van der Waals surface area contributed by atoms with Gasteiger partial charge in [-0.05, 0) is 30.7 Å². The zero-order valence-electron chi connectivity index (χ0n) is 13.3. The van der Waals surface area contributed by atoms with Crippen molar-refractivity contribution in [1.82, 2.24) is 19.9 Å². The number of pyridine rings is 1. The summed E-state index contributed by atoms with van der Waals surface area (Å²) < 4.78 is 0. The zero-order chi connectivity index (χ0) is 16.4. The van der Waals surface area contributed by atoms with Crippen LogP contribution in [0.2, 0.25) is 0 Å². The molecule has 4 aromatic rings. The molecular formula is C19H17N5.